The van der Waals surface area contributed by atoms with Crippen molar-refractivity contribution in [1.82, 2.24) is 4.31 Å². The minimum Gasteiger partial charge on any atom is -0.268 e. The van der Waals surface area contributed by atoms with Crippen molar-refractivity contribution in [2.24, 2.45) is 0 Å². The van der Waals surface area contributed by atoms with E-state index in [2.05, 4.69) is 6.58 Å². The molecular weight excluding hydrogens is 226 g/mol. The second-order valence-corrected chi connectivity index (χ2v) is 7.44. The monoisotopic (exact) mass is 243 g/mol. The van der Waals surface area contributed by atoms with Crippen molar-refractivity contribution in [2.45, 2.75) is 32.4 Å². The molecule has 0 N–H and O–H groups in total. The lowest BCUT2D eigenvalue weighted by Crippen LogP contribution is -2.44. The topological polar surface area (TPSA) is 54.5 Å². The molecule has 90 valence electrons. The standard InChI is InChI=1S/C11H17NO3S/c1-6-9-8(2)7-12(10(9)13)16(14,15)11(3,4)5/h6H,1,7H2,2-5H3. The number of sulfonamides is 1. The molecule has 0 aromatic carbocycles. The summed E-state index contributed by atoms with van der Waals surface area (Å²) in [6.45, 7) is 10.1. The molecule has 16 heavy (non-hydrogen) atoms. The average molecular weight is 243 g/mol. The van der Waals surface area contributed by atoms with Gasteiger partial charge in [0.25, 0.3) is 5.91 Å². The highest BCUT2D eigenvalue weighted by Crippen LogP contribution is 2.28. The Morgan fingerprint density at radius 2 is 1.88 bits per heavy atom. The Morgan fingerprint density at radius 3 is 2.19 bits per heavy atom. The summed E-state index contributed by atoms with van der Waals surface area (Å²) in [7, 11) is -3.61. The molecule has 0 aromatic heterocycles. The molecule has 0 saturated carbocycles. The Hall–Kier alpha value is -1.10. The van der Waals surface area contributed by atoms with Gasteiger partial charge >= 0.3 is 0 Å². The number of carbonyl (C=O) groups is 1. The minimum absolute atomic E-state index is 0.139. The third kappa shape index (κ3) is 1.80. The maximum absolute atomic E-state index is 12.1. The second-order valence-electron chi connectivity index (χ2n) is 4.83. The van der Waals surface area contributed by atoms with Gasteiger partial charge in [-0.05, 0) is 33.3 Å². The van der Waals surface area contributed by atoms with E-state index in [-0.39, 0.29) is 6.54 Å². The highest BCUT2D eigenvalue weighted by atomic mass is 32.2. The van der Waals surface area contributed by atoms with E-state index in [0.29, 0.717) is 5.57 Å². The van der Waals surface area contributed by atoms with E-state index in [1.165, 1.54) is 6.08 Å². The van der Waals surface area contributed by atoms with Gasteiger partial charge in [-0.2, -0.15) is 0 Å². The van der Waals surface area contributed by atoms with Gasteiger partial charge in [-0.1, -0.05) is 12.7 Å². The average Bonchev–Trinajstić information content (AvgIpc) is 2.40. The lowest BCUT2D eigenvalue weighted by Gasteiger charge is -2.26. The first-order valence-electron chi connectivity index (χ1n) is 5.01. The molecule has 1 aliphatic heterocycles. The van der Waals surface area contributed by atoms with Gasteiger partial charge in [0, 0.05) is 5.57 Å². The van der Waals surface area contributed by atoms with Crippen LogP contribution in [0.5, 0.6) is 0 Å². The normalized spacial score (nSPS) is 18.2. The summed E-state index contributed by atoms with van der Waals surface area (Å²) in [5, 5.41) is 0. The molecular formula is C11H17NO3S. The Kier molecular flexibility index (Phi) is 3.02. The largest absolute Gasteiger partial charge is 0.268 e. The number of rotatable bonds is 2. The van der Waals surface area contributed by atoms with E-state index in [4.69, 9.17) is 0 Å². The number of amides is 1. The van der Waals surface area contributed by atoms with Gasteiger partial charge in [-0.3, -0.25) is 4.79 Å². The highest BCUT2D eigenvalue weighted by molar-refractivity contribution is 7.91. The van der Waals surface area contributed by atoms with Gasteiger partial charge in [0.15, 0.2) is 0 Å². The summed E-state index contributed by atoms with van der Waals surface area (Å²) in [6, 6.07) is 0. The first-order chi connectivity index (χ1) is 7.13. The number of hydrogen-bond donors (Lipinski definition) is 0. The van der Waals surface area contributed by atoms with Crippen LogP contribution >= 0.6 is 0 Å². The van der Waals surface area contributed by atoms with Gasteiger partial charge in [-0.15, -0.1) is 0 Å². The van der Waals surface area contributed by atoms with E-state index >= 15 is 0 Å². The Morgan fingerprint density at radius 1 is 1.38 bits per heavy atom. The van der Waals surface area contributed by atoms with Crippen LogP contribution in [0, 0.1) is 0 Å². The fraction of sp³-hybridized carbons (Fsp3) is 0.545. The minimum atomic E-state index is -3.61. The van der Waals surface area contributed by atoms with E-state index in [1.54, 1.807) is 27.7 Å². The molecule has 0 fully saturated rings. The summed E-state index contributed by atoms with van der Waals surface area (Å²) in [4.78, 5) is 11.9. The molecule has 4 nitrogen and oxygen atoms in total. The lowest BCUT2D eigenvalue weighted by atomic mass is 10.2. The Balaban J connectivity index is 3.17. The van der Waals surface area contributed by atoms with Gasteiger partial charge in [0.2, 0.25) is 10.0 Å². The third-order valence-electron chi connectivity index (χ3n) is 2.57. The molecule has 0 aromatic rings. The van der Waals surface area contributed by atoms with Crippen molar-refractivity contribution in [1.29, 1.82) is 0 Å². The molecule has 5 heteroatoms. The van der Waals surface area contributed by atoms with Crippen LogP contribution in [0.3, 0.4) is 0 Å². The molecule has 1 heterocycles. The van der Waals surface area contributed by atoms with Crippen LogP contribution in [-0.2, 0) is 14.8 Å². The van der Waals surface area contributed by atoms with Gasteiger partial charge in [0.05, 0.1) is 11.3 Å². The fourth-order valence-corrected chi connectivity index (χ4v) is 2.82. The van der Waals surface area contributed by atoms with E-state index in [1.807, 2.05) is 0 Å². The lowest BCUT2D eigenvalue weighted by molar-refractivity contribution is -0.121. The van der Waals surface area contributed by atoms with Crippen LogP contribution in [0.25, 0.3) is 0 Å². The van der Waals surface area contributed by atoms with Gasteiger partial charge in [-0.25, -0.2) is 12.7 Å². The third-order valence-corrected chi connectivity index (χ3v) is 4.99. The van der Waals surface area contributed by atoms with Gasteiger partial charge < -0.3 is 0 Å². The van der Waals surface area contributed by atoms with Crippen LogP contribution in [0.1, 0.15) is 27.7 Å². The van der Waals surface area contributed by atoms with Crippen molar-refractivity contribution < 1.29 is 13.2 Å². The zero-order valence-electron chi connectivity index (χ0n) is 10.1. The van der Waals surface area contributed by atoms with Crippen LogP contribution < -0.4 is 0 Å². The molecule has 0 aliphatic carbocycles. The molecule has 1 amide bonds. The summed E-state index contributed by atoms with van der Waals surface area (Å²) in [5.41, 5.74) is 1.14. The van der Waals surface area contributed by atoms with Crippen LogP contribution in [0.15, 0.2) is 23.8 Å². The summed E-state index contributed by atoms with van der Waals surface area (Å²) in [6.07, 6.45) is 1.41. The van der Waals surface area contributed by atoms with Crippen LogP contribution in [-0.4, -0.2) is 29.9 Å². The Bertz CT molecular complexity index is 466. The zero-order valence-corrected chi connectivity index (χ0v) is 10.9. The number of hydrogen-bond acceptors (Lipinski definition) is 3. The van der Waals surface area contributed by atoms with E-state index < -0.39 is 20.7 Å². The van der Waals surface area contributed by atoms with Crippen LogP contribution in [0.2, 0.25) is 0 Å². The van der Waals surface area contributed by atoms with E-state index in [9.17, 15) is 13.2 Å². The maximum Gasteiger partial charge on any atom is 0.267 e. The smallest absolute Gasteiger partial charge is 0.267 e. The summed E-state index contributed by atoms with van der Waals surface area (Å²) >= 11 is 0. The van der Waals surface area contributed by atoms with Crippen molar-refractivity contribution in [3.05, 3.63) is 23.8 Å². The summed E-state index contributed by atoms with van der Waals surface area (Å²) in [5.74, 6) is -0.470. The highest BCUT2D eigenvalue weighted by Gasteiger charge is 2.42. The SMILES string of the molecule is C=CC1=C(C)CN(S(=O)(=O)C(C)(C)C)C1=O. The van der Waals surface area contributed by atoms with Crippen molar-refractivity contribution in [2.75, 3.05) is 6.54 Å². The molecule has 0 spiro atoms. The van der Waals surface area contributed by atoms with Crippen molar-refractivity contribution in [3.63, 3.8) is 0 Å². The van der Waals surface area contributed by atoms with E-state index in [0.717, 1.165) is 9.88 Å². The second kappa shape index (κ2) is 3.73. The fourth-order valence-electron chi connectivity index (χ4n) is 1.48. The quantitative estimate of drug-likeness (QED) is 0.737. The molecule has 0 radical (unpaired) electrons. The number of carbonyl (C=O) groups excluding carboxylic acids is 1. The molecule has 0 saturated heterocycles. The molecule has 0 unspecified atom stereocenters. The zero-order chi connectivity index (χ0) is 12.7. The summed E-state index contributed by atoms with van der Waals surface area (Å²) < 4.78 is 24.2. The first-order valence-corrected chi connectivity index (χ1v) is 6.45. The first kappa shape index (κ1) is 13.0. The number of nitrogens with zero attached hydrogens (tertiary/aromatic N) is 1. The predicted molar refractivity (Wildman–Crippen MR) is 63.3 cm³/mol. The van der Waals surface area contributed by atoms with Crippen LogP contribution in [0.4, 0.5) is 0 Å². The maximum atomic E-state index is 12.1. The van der Waals surface area contributed by atoms with Gasteiger partial charge in [0.1, 0.15) is 0 Å². The molecule has 0 bridgehead atoms. The Labute approximate surface area is 96.7 Å². The molecule has 0 atom stereocenters. The molecule has 1 rings (SSSR count). The predicted octanol–water partition coefficient (Wildman–Crippen LogP) is 1.46. The van der Waals surface area contributed by atoms with Crippen molar-refractivity contribution >= 4 is 15.9 Å². The van der Waals surface area contributed by atoms with Crippen molar-refractivity contribution in [3.8, 4) is 0 Å². The molecule has 1 aliphatic rings.